The fourth-order valence-electron chi connectivity index (χ4n) is 1.99. The van der Waals surface area contributed by atoms with Gasteiger partial charge in [0.05, 0.1) is 17.2 Å². The van der Waals surface area contributed by atoms with Gasteiger partial charge in [-0.2, -0.15) is 0 Å². The lowest BCUT2D eigenvalue weighted by atomic mass is 10.1. The van der Waals surface area contributed by atoms with Crippen LogP contribution in [-0.2, 0) is 11.3 Å². The number of hydrogen-bond donors (Lipinski definition) is 1. The molecule has 0 aliphatic heterocycles. The van der Waals surface area contributed by atoms with E-state index in [-0.39, 0.29) is 16.7 Å². The number of aromatic nitrogens is 1. The van der Waals surface area contributed by atoms with Crippen LogP contribution in [0.1, 0.15) is 30.2 Å². The molecular weight excluding hydrogens is 246 g/mol. The van der Waals surface area contributed by atoms with Crippen molar-refractivity contribution in [3.05, 3.63) is 33.1 Å². The number of ether oxygens (including phenoxy) is 1. The van der Waals surface area contributed by atoms with Gasteiger partial charge in [-0.25, -0.2) is 0 Å². The molecule has 1 N–H and O–H groups in total. The molecule has 1 aromatic heterocycles. The second-order valence-corrected chi connectivity index (χ2v) is 4.56. The zero-order valence-corrected chi connectivity index (χ0v) is 11.9. The third-order valence-corrected chi connectivity index (χ3v) is 3.18. The second-order valence-electron chi connectivity index (χ2n) is 4.56. The van der Waals surface area contributed by atoms with Crippen LogP contribution in [0.3, 0.4) is 0 Å². The Morgan fingerprint density at radius 2 is 2.21 bits per heavy atom. The molecule has 0 bridgehead atoms. The summed E-state index contributed by atoms with van der Waals surface area (Å²) in [5, 5.41) is 14.3. The highest BCUT2D eigenvalue weighted by Gasteiger charge is 2.18. The Balaban J connectivity index is 2.85. The molecule has 0 aliphatic rings. The first kappa shape index (κ1) is 15.5. The quantitative estimate of drug-likeness (QED) is 0.605. The van der Waals surface area contributed by atoms with Crippen LogP contribution in [0.5, 0.6) is 0 Å². The van der Waals surface area contributed by atoms with E-state index >= 15 is 0 Å². The van der Waals surface area contributed by atoms with Crippen LogP contribution >= 0.6 is 0 Å². The number of nitro groups is 1. The van der Waals surface area contributed by atoms with Gasteiger partial charge in [0.1, 0.15) is 0 Å². The number of rotatable bonds is 7. The summed E-state index contributed by atoms with van der Waals surface area (Å²) < 4.78 is 5.10. The van der Waals surface area contributed by atoms with Gasteiger partial charge in [0.25, 0.3) is 5.69 Å². The SMILES string of the molecule is CCC(COC)NCc1ncc(C)c([N+](=O)[O-])c1C. The van der Waals surface area contributed by atoms with Crippen molar-refractivity contribution >= 4 is 5.69 Å². The van der Waals surface area contributed by atoms with Crippen LogP contribution < -0.4 is 5.32 Å². The first-order valence-corrected chi connectivity index (χ1v) is 6.33. The van der Waals surface area contributed by atoms with E-state index in [0.717, 1.165) is 6.42 Å². The molecule has 6 heteroatoms. The van der Waals surface area contributed by atoms with Gasteiger partial charge in [-0.1, -0.05) is 6.92 Å². The summed E-state index contributed by atoms with van der Waals surface area (Å²) >= 11 is 0. The van der Waals surface area contributed by atoms with E-state index < -0.39 is 0 Å². The molecule has 0 spiro atoms. The third-order valence-electron chi connectivity index (χ3n) is 3.18. The zero-order chi connectivity index (χ0) is 14.4. The number of pyridine rings is 1. The minimum atomic E-state index is -0.345. The van der Waals surface area contributed by atoms with E-state index in [1.165, 1.54) is 0 Å². The molecule has 1 heterocycles. The van der Waals surface area contributed by atoms with Crippen molar-refractivity contribution in [3.8, 4) is 0 Å². The Labute approximate surface area is 113 Å². The van der Waals surface area contributed by atoms with Gasteiger partial charge >= 0.3 is 0 Å². The smallest absolute Gasteiger partial charge is 0.278 e. The average molecular weight is 267 g/mol. The number of aryl methyl sites for hydroxylation is 1. The van der Waals surface area contributed by atoms with Gasteiger partial charge in [0.15, 0.2) is 0 Å². The molecule has 1 aromatic rings. The molecule has 0 radical (unpaired) electrons. The van der Waals surface area contributed by atoms with Crippen molar-refractivity contribution in [1.29, 1.82) is 0 Å². The van der Waals surface area contributed by atoms with E-state index in [4.69, 9.17) is 4.74 Å². The van der Waals surface area contributed by atoms with Crippen LogP contribution in [0.15, 0.2) is 6.20 Å². The highest BCUT2D eigenvalue weighted by Crippen LogP contribution is 2.23. The largest absolute Gasteiger partial charge is 0.383 e. The van der Waals surface area contributed by atoms with Crippen LogP contribution in [-0.4, -0.2) is 29.7 Å². The zero-order valence-electron chi connectivity index (χ0n) is 11.9. The van der Waals surface area contributed by atoms with Crippen molar-refractivity contribution in [2.45, 2.75) is 39.8 Å². The lowest BCUT2D eigenvalue weighted by molar-refractivity contribution is -0.386. The standard InChI is InChI=1S/C13H21N3O3/c1-5-11(8-19-4)14-7-12-10(3)13(16(17)18)9(2)6-15-12/h6,11,14H,5,7-8H2,1-4H3. The maximum absolute atomic E-state index is 11.0. The number of methoxy groups -OCH3 is 1. The predicted molar refractivity (Wildman–Crippen MR) is 73.2 cm³/mol. The maximum atomic E-state index is 11.0. The van der Waals surface area contributed by atoms with E-state index in [1.54, 1.807) is 27.2 Å². The lowest BCUT2D eigenvalue weighted by Gasteiger charge is -2.16. The first-order valence-electron chi connectivity index (χ1n) is 6.33. The summed E-state index contributed by atoms with van der Waals surface area (Å²) in [5.74, 6) is 0. The van der Waals surface area contributed by atoms with Crippen LogP contribution in [0, 0.1) is 24.0 Å². The molecule has 1 atom stereocenters. The molecule has 0 aromatic carbocycles. The Morgan fingerprint density at radius 1 is 1.53 bits per heavy atom. The van der Waals surface area contributed by atoms with Gasteiger partial charge < -0.3 is 10.1 Å². The molecule has 0 saturated carbocycles. The van der Waals surface area contributed by atoms with Crippen LogP contribution in [0.2, 0.25) is 0 Å². The summed E-state index contributed by atoms with van der Waals surface area (Å²) in [4.78, 5) is 15.0. The molecule has 1 unspecified atom stereocenters. The number of nitrogens with zero attached hydrogens (tertiary/aromatic N) is 2. The van der Waals surface area contributed by atoms with Crippen LogP contribution in [0.25, 0.3) is 0 Å². The molecule has 19 heavy (non-hydrogen) atoms. The van der Waals surface area contributed by atoms with Gasteiger partial charge in [0, 0.05) is 37.0 Å². The summed E-state index contributed by atoms with van der Waals surface area (Å²) in [7, 11) is 1.66. The average Bonchev–Trinajstić information content (AvgIpc) is 2.36. The molecular formula is C13H21N3O3. The molecule has 1 rings (SSSR count). The molecule has 6 nitrogen and oxygen atoms in total. The fourth-order valence-corrected chi connectivity index (χ4v) is 1.99. The highest BCUT2D eigenvalue weighted by atomic mass is 16.6. The van der Waals surface area contributed by atoms with E-state index in [2.05, 4.69) is 17.2 Å². The Bertz CT molecular complexity index is 449. The van der Waals surface area contributed by atoms with Gasteiger partial charge in [0.2, 0.25) is 0 Å². The van der Waals surface area contributed by atoms with Crippen molar-refractivity contribution in [3.63, 3.8) is 0 Å². The Hall–Kier alpha value is -1.53. The van der Waals surface area contributed by atoms with Crippen molar-refractivity contribution in [2.24, 2.45) is 0 Å². The normalized spacial score (nSPS) is 12.4. The fraction of sp³-hybridized carbons (Fsp3) is 0.615. The second kappa shape index (κ2) is 7.16. The maximum Gasteiger partial charge on any atom is 0.278 e. The molecule has 106 valence electrons. The van der Waals surface area contributed by atoms with Gasteiger partial charge in [-0.05, 0) is 20.3 Å². The summed E-state index contributed by atoms with van der Waals surface area (Å²) in [6.07, 6.45) is 2.49. The summed E-state index contributed by atoms with van der Waals surface area (Å²) in [6.45, 7) is 6.63. The molecule has 0 amide bonds. The summed E-state index contributed by atoms with van der Waals surface area (Å²) in [6, 6.07) is 0.228. The monoisotopic (exact) mass is 267 g/mol. The first-order chi connectivity index (χ1) is 9.01. The van der Waals surface area contributed by atoms with Gasteiger partial charge in [-0.3, -0.25) is 15.1 Å². The third kappa shape index (κ3) is 3.97. The number of nitrogens with one attached hydrogen (secondary N) is 1. The number of hydrogen-bond acceptors (Lipinski definition) is 5. The highest BCUT2D eigenvalue weighted by molar-refractivity contribution is 5.47. The van der Waals surface area contributed by atoms with Crippen molar-refractivity contribution < 1.29 is 9.66 Å². The molecule has 0 saturated heterocycles. The topological polar surface area (TPSA) is 77.3 Å². The van der Waals surface area contributed by atoms with Crippen molar-refractivity contribution in [2.75, 3.05) is 13.7 Å². The Morgan fingerprint density at radius 3 is 2.74 bits per heavy atom. The minimum Gasteiger partial charge on any atom is -0.383 e. The predicted octanol–water partition coefficient (Wildman–Crippen LogP) is 2.12. The van der Waals surface area contributed by atoms with Gasteiger partial charge in [-0.15, -0.1) is 0 Å². The molecule has 0 aliphatic carbocycles. The van der Waals surface area contributed by atoms with Crippen molar-refractivity contribution in [1.82, 2.24) is 10.3 Å². The summed E-state index contributed by atoms with van der Waals surface area (Å²) in [5.41, 5.74) is 2.10. The minimum absolute atomic E-state index is 0.159. The van der Waals surface area contributed by atoms with E-state index in [9.17, 15) is 10.1 Å². The van der Waals surface area contributed by atoms with Crippen LogP contribution in [0.4, 0.5) is 5.69 Å². The van der Waals surface area contributed by atoms with E-state index in [0.29, 0.717) is 30.0 Å². The molecule has 0 fully saturated rings. The Kier molecular flexibility index (Phi) is 5.85. The lowest BCUT2D eigenvalue weighted by Crippen LogP contribution is -2.32. The van der Waals surface area contributed by atoms with E-state index in [1.807, 2.05) is 0 Å².